The van der Waals surface area contributed by atoms with Crippen LogP contribution < -0.4 is 10.1 Å². The minimum absolute atomic E-state index is 0.178. The molecule has 0 spiro atoms. The first kappa shape index (κ1) is 12.9. The Labute approximate surface area is 110 Å². The lowest BCUT2D eigenvalue weighted by molar-refractivity contribution is 0.0698. The smallest absolute Gasteiger partial charge is 0.337 e. The first-order valence-electron chi connectivity index (χ1n) is 5.88. The van der Waals surface area contributed by atoms with Crippen LogP contribution in [0.25, 0.3) is 0 Å². The lowest BCUT2D eigenvalue weighted by Gasteiger charge is -2.10. The molecule has 0 radical (unpaired) electrons. The van der Waals surface area contributed by atoms with Crippen LogP contribution in [0.4, 0.5) is 11.4 Å². The third kappa shape index (κ3) is 3.22. The molecule has 5 nitrogen and oxygen atoms in total. The fourth-order valence-electron chi connectivity index (χ4n) is 1.67. The lowest BCUT2D eigenvalue weighted by Crippen LogP contribution is -2.03. The molecule has 2 rings (SSSR count). The van der Waals surface area contributed by atoms with Crippen LogP contribution in [0, 0.1) is 0 Å². The molecular weight excluding hydrogens is 244 g/mol. The molecule has 0 amide bonds. The summed E-state index contributed by atoms with van der Waals surface area (Å²) in [7, 11) is 0. The maximum atomic E-state index is 11.1. The first-order chi connectivity index (χ1) is 9.20. The van der Waals surface area contributed by atoms with E-state index in [1.54, 1.807) is 0 Å². The van der Waals surface area contributed by atoms with Crippen LogP contribution in [-0.2, 0) is 0 Å². The number of rotatable bonds is 5. The number of pyridine rings is 1. The van der Waals surface area contributed by atoms with Gasteiger partial charge < -0.3 is 15.2 Å². The quantitative estimate of drug-likeness (QED) is 0.862. The van der Waals surface area contributed by atoms with Gasteiger partial charge >= 0.3 is 5.97 Å². The van der Waals surface area contributed by atoms with Crippen LogP contribution in [0.15, 0.2) is 42.7 Å². The second-order valence-electron chi connectivity index (χ2n) is 3.81. The van der Waals surface area contributed by atoms with Crippen LogP contribution in [-0.4, -0.2) is 22.7 Å². The Morgan fingerprint density at radius 1 is 1.42 bits per heavy atom. The Morgan fingerprint density at radius 2 is 2.26 bits per heavy atom. The molecule has 0 bridgehead atoms. The Hall–Kier alpha value is -2.56. The minimum atomic E-state index is -0.995. The Kier molecular flexibility index (Phi) is 3.97. The van der Waals surface area contributed by atoms with E-state index >= 15 is 0 Å². The van der Waals surface area contributed by atoms with E-state index in [9.17, 15) is 4.79 Å². The molecule has 1 heterocycles. The molecule has 2 N–H and O–H groups in total. The molecule has 2 aromatic rings. The van der Waals surface area contributed by atoms with Crippen molar-refractivity contribution >= 4 is 17.3 Å². The number of benzene rings is 1. The molecule has 0 aliphatic carbocycles. The molecule has 98 valence electrons. The Bertz CT molecular complexity index is 584. The Morgan fingerprint density at radius 3 is 3.00 bits per heavy atom. The molecule has 0 atom stereocenters. The molecule has 0 fully saturated rings. The molecule has 0 aliphatic rings. The van der Waals surface area contributed by atoms with E-state index in [-0.39, 0.29) is 5.56 Å². The van der Waals surface area contributed by atoms with Gasteiger partial charge in [-0.1, -0.05) is 6.07 Å². The van der Waals surface area contributed by atoms with Gasteiger partial charge in [-0.15, -0.1) is 0 Å². The van der Waals surface area contributed by atoms with Crippen LogP contribution in [0.3, 0.4) is 0 Å². The molecule has 19 heavy (non-hydrogen) atoms. The first-order valence-corrected chi connectivity index (χ1v) is 5.88. The van der Waals surface area contributed by atoms with E-state index in [4.69, 9.17) is 9.84 Å². The molecule has 1 aromatic carbocycles. The van der Waals surface area contributed by atoms with Gasteiger partial charge in [0.25, 0.3) is 0 Å². The number of hydrogen-bond donors (Lipinski definition) is 2. The summed E-state index contributed by atoms with van der Waals surface area (Å²) in [5.41, 5.74) is 1.38. The maximum Gasteiger partial charge on any atom is 0.337 e. The lowest BCUT2D eigenvalue weighted by atomic mass is 10.2. The number of hydrogen-bond acceptors (Lipinski definition) is 4. The number of aromatic nitrogens is 1. The van der Waals surface area contributed by atoms with Crippen LogP contribution in [0.2, 0.25) is 0 Å². The highest BCUT2D eigenvalue weighted by molar-refractivity contribution is 5.94. The van der Waals surface area contributed by atoms with Crippen molar-refractivity contribution < 1.29 is 14.6 Å². The number of carboxylic acids is 1. The molecule has 0 aliphatic heterocycles. The van der Waals surface area contributed by atoms with Gasteiger partial charge in [0.2, 0.25) is 0 Å². The maximum absolute atomic E-state index is 11.1. The number of ether oxygens (including phenoxy) is 1. The molecular formula is C14H14N2O3. The van der Waals surface area contributed by atoms with E-state index in [0.29, 0.717) is 12.3 Å². The van der Waals surface area contributed by atoms with Crippen LogP contribution >= 0.6 is 0 Å². The number of carbonyl (C=O) groups is 1. The average molecular weight is 258 g/mol. The van der Waals surface area contributed by atoms with Gasteiger partial charge in [0.15, 0.2) is 0 Å². The Balaban J connectivity index is 2.26. The summed E-state index contributed by atoms with van der Waals surface area (Å²) in [5.74, 6) is -0.265. The summed E-state index contributed by atoms with van der Waals surface area (Å²) >= 11 is 0. The summed E-state index contributed by atoms with van der Waals surface area (Å²) in [5, 5.41) is 12.1. The number of anilines is 2. The zero-order valence-electron chi connectivity index (χ0n) is 10.5. The van der Waals surface area contributed by atoms with Gasteiger partial charge in [0.1, 0.15) is 5.75 Å². The summed E-state index contributed by atoms with van der Waals surface area (Å²) in [6, 6.07) is 8.78. The van der Waals surface area contributed by atoms with Crippen molar-refractivity contribution in [2.45, 2.75) is 6.92 Å². The van der Waals surface area contributed by atoms with Crippen molar-refractivity contribution in [3.63, 3.8) is 0 Å². The monoisotopic (exact) mass is 258 g/mol. The highest BCUT2D eigenvalue weighted by Gasteiger charge is 2.09. The number of nitrogens with one attached hydrogen (secondary N) is 1. The summed E-state index contributed by atoms with van der Waals surface area (Å²) in [6.07, 6.45) is 2.93. The number of aromatic carboxylic acids is 1. The fourth-order valence-corrected chi connectivity index (χ4v) is 1.67. The van der Waals surface area contributed by atoms with E-state index in [0.717, 1.165) is 11.4 Å². The van der Waals surface area contributed by atoms with Gasteiger partial charge in [-0.2, -0.15) is 0 Å². The molecule has 0 unspecified atom stereocenters. The van der Waals surface area contributed by atoms with Crippen LogP contribution in [0.1, 0.15) is 17.3 Å². The normalized spacial score (nSPS) is 9.95. The van der Waals surface area contributed by atoms with Crippen molar-refractivity contribution in [2.75, 3.05) is 11.9 Å². The van der Waals surface area contributed by atoms with Crippen molar-refractivity contribution in [1.29, 1.82) is 0 Å². The second kappa shape index (κ2) is 5.86. The molecule has 0 saturated carbocycles. The third-order valence-electron chi connectivity index (χ3n) is 2.48. The van der Waals surface area contributed by atoms with Gasteiger partial charge in [0, 0.05) is 18.0 Å². The van der Waals surface area contributed by atoms with Gasteiger partial charge in [-0.3, -0.25) is 4.98 Å². The minimum Gasteiger partial charge on any atom is -0.494 e. The topological polar surface area (TPSA) is 71.5 Å². The largest absolute Gasteiger partial charge is 0.494 e. The van der Waals surface area contributed by atoms with Gasteiger partial charge in [-0.05, 0) is 25.1 Å². The zero-order valence-corrected chi connectivity index (χ0v) is 10.5. The van der Waals surface area contributed by atoms with Crippen molar-refractivity contribution in [1.82, 2.24) is 4.98 Å². The van der Waals surface area contributed by atoms with E-state index in [1.807, 2.05) is 31.2 Å². The predicted molar refractivity (Wildman–Crippen MR) is 72.1 cm³/mol. The van der Waals surface area contributed by atoms with E-state index in [2.05, 4.69) is 10.3 Å². The second-order valence-corrected chi connectivity index (χ2v) is 3.81. The van der Waals surface area contributed by atoms with Crippen molar-refractivity contribution in [3.8, 4) is 5.75 Å². The van der Waals surface area contributed by atoms with Gasteiger partial charge in [-0.25, -0.2) is 4.79 Å². The number of nitrogens with zero attached hydrogens (tertiary/aromatic N) is 1. The SMILES string of the molecule is CCOc1cccc(Nc2cnccc2C(=O)O)c1. The third-order valence-corrected chi connectivity index (χ3v) is 2.48. The highest BCUT2D eigenvalue weighted by atomic mass is 16.5. The van der Waals surface area contributed by atoms with Crippen molar-refractivity contribution in [2.24, 2.45) is 0 Å². The van der Waals surface area contributed by atoms with Crippen LogP contribution in [0.5, 0.6) is 5.75 Å². The van der Waals surface area contributed by atoms with E-state index < -0.39 is 5.97 Å². The summed E-state index contributed by atoms with van der Waals surface area (Å²) in [6.45, 7) is 2.49. The highest BCUT2D eigenvalue weighted by Crippen LogP contribution is 2.23. The van der Waals surface area contributed by atoms with Gasteiger partial charge in [0.05, 0.1) is 24.1 Å². The fraction of sp³-hybridized carbons (Fsp3) is 0.143. The molecule has 0 saturated heterocycles. The molecule has 5 heteroatoms. The van der Waals surface area contributed by atoms with Crippen molar-refractivity contribution in [3.05, 3.63) is 48.3 Å². The molecule has 1 aromatic heterocycles. The zero-order chi connectivity index (χ0) is 13.7. The summed E-state index contributed by atoms with van der Waals surface area (Å²) in [4.78, 5) is 15.0. The summed E-state index contributed by atoms with van der Waals surface area (Å²) < 4.78 is 5.39. The number of carboxylic acid groups (broad SMARTS) is 1. The predicted octanol–water partition coefficient (Wildman–Crippen LogP) is 2.92. The average Bonchev–Trinajstić information content (AvgIpc) is 2.40. The van der Waals surface area contributed by atoms with E-state index in [1.165, 1.54) is 18.5 Å². The standard InChI is InChI=1S/C14H14N2O3/c1-2-19-11-5-3-4-10(8-11)16-13-9-15-7-6-12(13)14(17)18/h3-9,16H,2H2,1H3,(H,17,18).